The third kappa shape index (κ3) is 2.85. The highest BCUT2D eigenvalue weighted by Gasteiger charge is 2.23. The van der Waals surface area contributed by atoms with Crippen molar-refractivity contribution < 1.29 is 9.90 Å². The zero-order valence-corrected chi connectivity index (χ0v) is 11.1. The molecule has 0 saturated carbocycles. The third-order valence-electron chi connectivity index (χ3n) is 2.87. The van der Waals surface area contributed by atoms with Crippen LogP contribution >= 0.6 is 0 Å². The van der Waals surface area contributed by atoms with Crippen LogP contribution in [0.15, 0.2) is 0 Å². The second-order valence-corrected chi connectivity index (χ2v) is 5.88. The van der Waals surface area contributed by atoms with E-state index in [1.165, 1.54) is 0 Å². The summed E-state index contributed by atoms with van der Waals surface area (Å²) < 4.78 is 0. The Balaban J connectivity index is 2.45. The molecule has 5 heteroatoms. The summed E-state index contributed by atoms with van der Waals surface area (Å²) in [4.78, 5) is 20.0. The molecule has 0 saturated heterocycles. The van der Waals surface area contributed by atoms with Gasteiger partial charge in [-0.3, -0.25) is 0 Å². The first-order valence-electron chi connectivity index (χ1n) is 6.19. The number of rotatable bonds is 2. The second kappa shape index (κ2) is 4.65. The van der Waals surface area contributed by atoms with E-state index in [4.69, 9.17) is 0 Å². The lowest BCUT2D eigenvalue weighted by Crippen LogP contribution is -2.29. The molecule has 0 fully saturated rings. The molecule has 1 aliphatic heterocycles. The van der Waals surface area contributed by atoms with Crippen molar-refractivity contribution in [1.82, 2.24) is 15.3 Å². The number of hydrogen-bond donors (Lipinski definition) is 2. The molecule has 2 heterocycles. The molecule has 2 rings (SSSR count). The summed E-state index contributed by atoms with van der Waals surface area (Å²) in [7, 11) is 0. The van der Waals surface area contributed by atoms with Gasteiger partial charge < -0.3 is 10.4 Å². The molecule has 1 aromatic heterocycles. The fourth-order valence-electron chi connectivity index (χ4n) is 2.12. The number of nitrogens with zero attached hydrogens (tertiary/aromatic N) is 2. The van der Waals surface area contributed by atoms with Gasteiger partial charge in [0.2, 0.25) is 0 Å². The van der Waals surface area contributed by atoms with E-state index in [0.717, 1.165) is 24.2 Å². The van der Waals surface area contributed by atoms with Crippen LogP contribution in [-0.2, 0) is 19.4 Å². The number of carboxylic acids is 1. The normalized spacial score (nSPS) is 15.3. The van der Waals surface area contributed by atoms with Crippen molar-refractivity contribution in [2.24, 2.45) is 5.41 Å². The van der Waals surface area contributed by atoms with Gasteiger partial charge in [-0.1, -0.05) is 20.8 Å². The Morgan fingerprint density at radius 3 is 2.72 bits per heavy atom. The average Bonchev–Trinajstić information content (AvgIpc) is 2.25. The molecule has 5 nitrogen and oxygen atoms in total. The van der Waals surface area contributed by atoms with Crippen LogP contribution in [0.25, 0.3) is 0 Å². The zero-order chi connectivity index (χ0) is 13.3. The quantitative estimate of drug-likeness (QED) is 0.829. The summed E-state index contributed by atoms with van der Waals surface area (Å²) in [5.74, 6) is -0.326. The van der Waals surface area contributed by atoms with Gasteiger partial charge in [-0.2, -0.15) is 0 Å². The molecule has 1 aliphatic rings. The van der Waals surface area contributed by atoms with Gasteiger partial charge in [-0.05, 0) is 5.41 Å². The molecule has 1 aromatic rings. The van der Waals surface area contributed by atoms with Crippen LogP contribution in [0.1, 0.15) is 48.3 Å². The molecule has 0 aromatic carbocycles. The molecule has 0 unspecified atom stereocenters. The molecular weight excluding hydrogens is 230 g/mol. The lowest BCUT2D eigenvalue weighted by molar-refractivity contribution is 0.0687. The Morgan fingerprint density at radius 1 is 1.39 bits per heavy atom. The average molecular weight is 249 g/mol. The summed E-state index contributed by atoms with van der Waals surface area (Å²) in [6.07, 6.45) is 1.46. The van der Waals surface area contributed by atoms with Gasteiger partial charge >= 0.3 is 5.97 Å². The maximum atomic E-state index is 11.3. The molecule has 0 amide bonds. The molecule has 0 radical (unpaired) electrons. The zero-order valence-electron chi connectivity index (χ0n) is 11.1. The van der Waals surface area contributed by atoms with Gasteiger partial charge in [-0.25, -0.2) is 14.8 Å². The predicted molar refractivity (Wildman–Crippen MR) is 67.6 cm³/mol. The highest BCUT2D eigenvalue weighted by molar-refractivity contribution is 5.87. The van der Waals surface area contributed by atoms with E-state index >= 15 is 0 Å². The van der Waals surface area contributed by atoms with Crippen LogP contribution in [-0.4, -0.2) is 27.6 Å². The lowest BCUT2D eigenvalue weighted by Gasteiger charge is -2.21. The third-order valence-corrected chi connectivity index (χ3v) is 2.87. The number of fused-ring (bicyclic) bond motifs is 1. The Hall–Kier alpha value is -1.49. The SMILES string of the molecule is CC(C)(C)Cc1nc2c(c(C(=O)O)n1)CNCC2. The van der Waals surface area contributed by atoms with Crippen molar-refractivity contribution >= 4 is 5.97 Å². The number of carbonyl (C=O) groups is 1. The first-order chi connectivity index (χ1) is 8.37. The van der Waals surface area contributed by atoms with Crippen LogP contribution in [0.3, 0.4) is 0 Å². The van der Waals surface area contributed by atoms with Crippen molar-refractivity contribution in [1.29, 1.82) is 0 Å². The minimum atomic E-state index is -0.965. The van der Waals surface area contributed by atoms with Gasteiger partial charge in [0.05, 0.1) is 5.69 Å². The van der Waals surface area contributed by atoms with Crippen molar-refractivity contribution in [3.63, 3.8) is 0 Å². The topological polar surface area (TPSA) is 75.1 Å². The monoisotopic (exact) mass is 249 g/mol. The lowest BCUT2D eigenvalue weighted by atomic mass is 9.91. The smallest absolute Gasteiger partial charge is 0.354 e. The summed E-state index contributed by atoms with van der Waals surface area (Å²) in [5.41, 5.74) is 1.84. The van der Waals surface area contributed by atoms with Crippen LogP contribution in [0.2, 0.25) is 0 Å². The summed E-state index contributed by atoms with van der Waals surface area (Å²) in [5, 5.41) is 12.4. The van der Waals surface area contributed by atoms with Crippen LogP contribution in [0.5, 0.6) is 0 Å². The highest BCUT2D eigenvalue weighted by Crippen LogP contribution is 2.21. The second-order valence-electron chi connectivity index (χ2n) is 5.88. The molecular formula is C13H19N3O2. The van der Waals surface area contributed by atoms with Crippen LogP contribution < -0.4 is 5.32 Å². The van der Waals surface area contributed by atoms with Gasteiger partial charge in [0.1, 0.15) is 5.82 Å². The fraction of sp³-hybridized carbons (Fsp3) is 0.615. The summed E-state index contributed by atoms with van der Waals surface area (Å²) in [6, 6.07) is 0. The molecule has 0 spiro atoms. The minimum absolute atomic E-state index is 0.0525. The van der Waals surface area contributed by atoms with Crippen molar-refractivity contribution in [3.8, 4) is 0 Å². The Bertz CT molecular complexity index is 478. The van der Waals surface area contributed by atoms with Crippen molar-refractivity contribution in [2.75, 3.05) is 6.54 Å². The first kappa shape index (κ1) is 13.0. The van der Waals surface area contributed by atoms with Gasteiger partial charge in [0, 0.05) is 31.5 Å². The largest absolute Gasteiger partial charge is 0.476 e. The number of hydrogen-bond acceptors (Lipinski definition) is 4. The summed E-state index contributed by atoms with van der Waals surface area (Å²) in [6.45, 7) is 7.68. The fourth-order valence-corrected chi connectivity index (χ4v) is 2.12. The number of aromatic nitrogens is 2. The van der Waals surface area contributed by atoms with E-state index in [-0.39, 0.29) is 11.1 Å². The minimum Gasteiger partial charge on any atom is -0.476 e. The van der Waals surface area contributed by atoms with E-state index < -0.39 is 5.97 Å². The van der Waals surface area contributed by atoms with Crippen molar-refractivity contribution in [2.45, 2.75) is 40.2 Å². The molecule has 98 valence electrons. The molecule has 18 heavy (non-hydrogen) atoms. The Kier molecular flexibility index (Phi) is 3.34. The Labute approximate surface area is 107 Å². The highest BCUT2D eigenvalue weighted by atomic mass is 16.4. The van der Waals surface area contributed by atoms with E-state index in [0.29, 0.717) is 18.8 Å². The molecule has 2 N–H and O–H groups in total. The van der Waals surface area contributed by atoms with Gasteiger partial charge in [0.15, 0.2) is 5.69 Å². The van der Waals surface area contributed by atoms with Crippen molar-refractivity contribution in [3.05, 3.63) is 22.8 Å². The van der Waals surface area contributed by atoms with E-state index in [9.17, 15) is 9.90 Å². The number of aromatic carboxylic acids is 1. The number of carboxylic acid groups (broad SMARTS) is 1. The van der Waals surface area contributed by atoms with Crippen LogP contribution in [0.4, 0.5) is 0 Å². The van der Waals surface area contributed by atoms with E-state index in [1.54, 1.807) is 0 Å². The first-order valence-corrected chi connectivity index (χ1v) is 6.19. The molecule has 0 bridgehead atoms. The summed E-state index contributed by atoms with van der Waals surface area (Å²) >= 11 is 0. The maximum absolute atomic E-state index is 11.3. The van der Waals surface area contributed by atoms with Gasteiger partial charge in [-0.15, -0.1) is 0 Å². The van der Waals surface area contributed by atoms with E-state index in [2.05, 4.69) is 36.1 Å². The molecule has 0 aliphatic carbocycles. The Morgan fingerprint density at radius 2 is 2.11 bits per heavy atom. The standard InChI is InChI=1S/C13H19N3O2/c1-13(2,3)6-10-15-9-4-5-14-7-8(9)11(16-10)12(17)18/h14H,4-7H2,1-3H3,(H,17,18). The predicted octanol–water partition coefficient (Wildman–Crippen LogP) is 1.41. The van der Waals surface area contributed by atoms with Gasteiger partial charge in [0.25, 0.3) is 0 Å². The van der Waals surface area contributed by atoms with E-state index in [1.807, 2.05) is 0 Å². The van der Waals surface area contributed by atoms with Crippen LogP contribution in [0, 0.1) is 5.41 Å². The molecule has 0 atom stereocenters. The maximum Gasteiger partial charge on any atom is 0.354 e. The number of nitrogens with one attached hydrogen (secondary N) is 1.